The van der Waals surface area contributed by atoms with E-state index in [-0.39, 0.29) is 11.7 Å². The molecule has 3 heterocycles. The molecule has 32 heavy (non-hydrogen) atoms. The Kier molecular flexibility index (Phi) is 4.98. The molecule has 0 atom stereocenters. The summed E-state index contributed by atoms with van der Waals surface area (Å²) in [6, 6.07) is 13.1. The van der Waals surface area contributed by atoms with Crippen molar-refractivity contribution in [3.05, 3.63) is 54.5 Å². The third-order valence-electron chi connectivity index (χ3n) is 5.07. The van der Waals surface area contributed by atoms with Crippen LogP contribution in [0.1, 0.15) is 5.76 Å². The maximum absolute atomic E-state index is 12.6. The molecule has 0 spiro atoms. The molecule has 162 valence electrons. The van der Waals surface area contributed by atoms with Gasteiger partial charge in [0.15, 0.2) is 5.82 Å². The van der Waals surface area contributed by atoms with Crippen LogP contribution in [0.5, 0.6) is 5.75 Å². The van der Waals surface area contributed by atoms with Gasteiger partial charge in [0.1, 0.15) is 22.7 Å². The lowest BCUT2D eigenvalue weighted by Crippen LogP contribution is -2.17. The molecule has 0 aliphatic carbocycles. The van der Waals surface area contributed by atoms with Crippen LogP contribution in [0.3, 0.4) is 0 Å². The number of nitrogens with one attached hydrogen (secondary N) is 1. The first-order valence-electron chi connectivity index (χ1n) is 9.72. The number of fused-ring (bicyclic) bond motifs is 3. The zero-order valence-electron chi connectivity index (χ0n) is 17.3. The number of aromatic nitrogens is 3. The van der Waals surface area contributed by atoms with E-state index < -0.39 is 0 Å². The maximum atomic E-state index is 12.6. The number of benzene rings is 2. The summed E-state index contributed by atoms with van der Waals surface area (Å²) < 4.78 is 18.0. The van der Waals surface area contributed by atoms with Crippen molar-refractivity contribution in [2.75, 3.05) is 24.0 Å². The van der Waals surface area contributed by atoms with Gasteiger partial charge in [-0.25, -0.2) is 4.68 Å². The Morgan fingerprint density at radius 2 is 2.03 bits per heavy atom. The van der Waals surface area contributed by atoms with E-state index >= 15 is 0 Å². The highest BCUT2D eigenvalue weighted by Crippen LogP contribution is 2.36. The minimum absolute atomic E-state index is 0.0843. The highest BCUT2D eigenvalue weighted by Gasteiger charge is 2.18. The van der Waals surface area contributed by atoms with E-state index in [1.54, 1.807) is 25.5 Å². The Hall–Kier alpha value is -3.92. The fourth-order valence-electron chi connectivity index (χ4n) is 3.51. The van der Waals surface area contributed by atoms with Gasteiger partial charge in [-0.2, -0.15) is 0 Å². The van der Waals surface area contributed by atoms with E-state index in [9.17, 15) is 4.79 Å². The normalized spacial score (nSPS) is 11.3. The smallest absolute Gasteiger partial charge is 0.234 e. The Balaban J connectivity index is 1.34. The predicted octanol–water partition coefficient (Wildman–Crippen LogP) is 4.20. The molecule has 1 amide bonds. The van der Waals surface area contributed by atoms with Crippen LogP contribution >= 0.6 is 11.8 Å². The molecule has 2 aromatic carbocycles. The van der Waals surface area contributed by atoms with Gasteiger partial charge < -0.3 is 24.7 Å². The summed E-state index contributed by atoms with van der Waals surface area (Å²) in [6.07, 6.45) is 1.56. The summed E-state index contributed by atoms with van der Waals surface area (Å²) >= 11 is 1.18. The SMILES string of the molecule is COc1cc2c(cc1NC(=O)CSc1nnc(-c3ccoc3C)n1N)oc1ccccc12. The molecule has 0 saturated heterocycles. The number of anilines is 1. The fraction of sp³-hybridized carbons (Fsp3) is 0.136. The van der Waals surface area contributed by atoms with Crippen LogP contribution in [-0.2, 0) is 4.79 Å². The lowest BCUT2D eigenvalue weighted by Gasteiger charge is -2.10. The lowest BCUT2D eigenvalue weighted by molar-refractivity contribution is -0.113. The first-order chi connectivity index (χ1) is 15.5. The zero-order valence-corrected chi connectivity index (χ0v) is 18.1. The van der Waals surface area contributed by atoms with Gasteiger partial charge in [-0.05, 0) is 25.1 Å². The summed E-state index contributed by atoms with van der Waals surface area (Å²) in [5.41, 5.74) is 2.71. The number of thioether (sulfide) groups is 1. The fourth-order valence-corrected chi connectivity index (χ4v) is 4.17. The summed E-state index contributed by atoms with van der Waals surface area (Å²) in [5.74, 6) is 7.65. The van der Waals surface area contributed by atoms with E-state index in [0.29, 0.717) is 33.8 Å². The molecule has 3 aromatic heterocycles. The molecule has 10 heteroatoms. The van der Waals surface area contributed by atoms with Crippen LogP contribution in [-0.4, -0.2) is 33.6 Å². The van der Waals surface area contributed by atoms with Gasteiger partial charge in [0.05, 0.1) is 30.4 Å². The minimum Gasteiger partial charge on any atom is -0.495 e. The second-order valence-corrected chi connectivity index (χ2v) is 7.99. The largest absolute Gasteiger partial charge is 0.495 e. The van der Waals surface area contributed by atoms with Crippen LogP contribution in [0.25, 0.3) is 33.3 Å². The molecule has 0 bridgehead atoms. The average molecular weight is 449 g/mol. The van der Waals surface area contributed by atoms with Gasteiger partial charge in [0, 0.05) is 16.8 Å². The number of nitrogens with two attached hydrogens (primary N) is 1. The Morgan fingerprint density at radius 3 is 2.81 bits per heavy atom. The van der Waals surface area contributed by atoms with Crippen molar-refractivity contribution in [2.24, 2.45) is 0 Å². The molecule has 0 fully saturated rings. The molecule has 0 saturated carbocycles. The van der Waals surface area contributed by atoms with Crippen LogP contribution in [0, 0.1) is 6.92 Å². The molecule has 5 rings (SSSR count). The number of methoxy groups -OCH3 is 1. The van der Waals surface area contributed by atoms with Crippen LogP contribution in [0.15, 0.2) is 62.7 Å². The number of aryl methyl sites for hydroxylation is 1. The van der Waals surface area contributed by atoms with E-state index in [2.05, 4.69) is 15.5 Å². The first-order valence-corrected chi connectivity index (χ1v) is 10.7. The molecule has 0 unspecified atom stereocenters. The van der Waals surface area contributed by atoms with Gasteiger partial charge in [0.25, 0.3) is 0 Å². The predicted molar refractivity (Wildman–Crippen MR) is 122 cm³/mol. The number of nitrogen functional groups attached to an aromatic ring is 1. The molecular weight excluding hydrogens is 430 g/mol. The Bertz CT molecular complexity index is 1450. The van der Waals surface area contributed by atoms with E-state index in [4.69, 9.17) is 19.4 Å². The van der Waals surface area contributed by atoms with Crippen molar-refractivity contribution in [3.63, 3.8) is 0 Å². The molecule has 3 N–H and O–H groups in total. The summed E-state index contributed by atoms with van der Waals surface area (Å²) in [4.78, 5) is 12.6. The van der Waals surface area contributed by atoms with Gasteiger partial charge in [-0.1, -0.05) is 30.0 Å². The number of para-hydroxylation sites is 1. The number of rotatable bonds is 6. The number of amides is 1. The average Bonchev–Trinajstić information content (AvgIpc) is 3.48. The van der Waals surface area contributed by atoms with Crippen molar-refractivity contribution in [3.8, 4) is 17.1 Å². The standard InChI is InChI=1S/C22H19N5O4S/c1-12-13(7-8-30-12)21-25-26-22(27(21)23)32-11-20(28)24-16-10-18-15(9-19(16)29-2)14-5-3-4-6-17(14)31-18/h3-10H,11,23H2,1-2H3,(H,24,28). The van der Waals surface area contributed by atoms with E-state index in [1.165, 1.54) is 16.4 Å². The third-order valence-corrected chi connectivity index (χ3v) is 6.01. The van der Waals surface area contributed by atoms with Crippen LogP contribution in [0.4, 0.5) is 5.69 Å². The van der Waals surface area contributed by atoms with Crippen molar-refractivity contribution in [1.82, 2.24) is 14.9 Å². The van der Waals surface area contributed by atoms with Crippen molar-refractivity contribution < 1.29 is 18.4 Å². The number of nitrogens with zero attached hydrogens (tertiary/aromatic N) is 3. The number of furan rings is 2. The minimum atomic E-state index is -0.243. The van der Waals surface area contributed by atoms with E-state index in [1.807, 2.05) is 37.3 Å². The maximum Gasteiger partial charge on any atom is 0.234 e. The first kappa shape index (κ1) is 20.0. The molecule has 0 radical (unpaired) electrons. The third kappa shape index (κ3) is 3.44. The summed E-state index contributed by atoms with van der Waals surface area (Å²) in [6.45, 7) is 1.82. The second kappa shape index (κ2) is 7.97. The van der Waals surface area contributed by atoms with Crippen molar-refractivity contribution in [1.29, 1.82) is 0 Å². The number of carbonyl (C=O) groups is 1. The molecular formula is C22H19N5O4S. The highest BCUT2D eigenvalue weighted by molar-refractivity contribution is 7.99. The zero-order chi connectivity index (χ0) is 22.2. The lowest BCUT2D eigenvalue weighted by atomic mass is 10.1. The van der Waals surface area contributed by atoms with Crippen LogP contribution in [0.2, 0.25) is 0 Å². The van der Waals surface area contributed by atoms with Gasteiger partial charge in [-0.15, -0.1) is 10.2 Å². The summed E-state index contributed by atoms with van der Waals surface area (Å²) in [5, 5.41) is 13.4. The topological polar surface area (TPSA) is 121 Å². The van der Waals surface area contributed by atoms with Gasteiger partial charge >= 0.3 is 0 Å². The molecule has 5 aromatic rings. The number of hydrogen-bond donors (Lipinski definition) is 2. The summed E-state index contributed by atoms with van der Waals surface area (Å²) in [7, 11) is 1.56. The quantitative estimate of drug-likeness (QED) is 0.292. The Labute approximate surface area is 186 Å². The Morgan fingerprint density at radius 1 is 1.19 bits per heavy atom. The van der Waals surface area contributed by atoms with Gasteiger partial charge in [0.2, 0.25) is 11.1 Å². The van der Waals surface area contributed by atoms with Gasteiger partial charge in [-0.3, -0.25) is 4.79 Å². The molecule has 0 aliphatic heterocycles. The number of carbonyl (C=O) groups excluding carboxylic acids is 1. The molecule has 9 nitrogen and oxygen atoms in total. The monoisotopic (exact) mass is 449 g/mol. The van der Waals surface area contributed by atoms with Crippen molar-refractivity contribution in [2.45, 2.75) is 12.1 Å². The molecule has 0 aliphatic rings. The highest BCUT2D eigenvalue weighted by atomic mass is 32.2. The van der Waals surface area contributed by atoms with E-state index in [0.717, 1.165) is 21.9 Å². The van der Waals surface area contributed by atoms with Crippen molar-refractivity contribution >= 4 is 45.3 Å². The number of ether oxygens (including phenoxy) is 1. The number of hydrogen-bond acceptors (Lipinski definition) is 8. The van der Waals surface area contributed by atoms with Crippen LogP contribution < -0.4 is 15.9 Å². The second-order valence-electron chi connectivity index (χ2n) is 7.05.